The van der Waals surface area contributed by atoms with E-state index in [4.69, 9.17) is 9.47 Å². The highest BCUT2D eigenvalue weighted by Gasteiger charge is 2.21. The summed E-state index contributed by atoms with van der Waals surface area (Å²) in [6.07, 6.45) is 4.03. The van der Waals surface area contributed by atoms with Crippen LogP contribution in [0.2, 0.25) is 0 Å². The van der Waals surface area contributed by atoms with Crippen molar-refractivity contribution in [3.8, 4) is 5.75 Å². The minimum Gasteiger partial charge on any atom is -0.493 e. The number of nitrogens with zero attached hydrogens (tertiary/aromatic N) is 3. The SMILES string of the molecule is CNC(CCC(C)OC)c1c(OC)cnn1CCN(C)C. The number of rotatable bonds is 10. The van der Waals surface area contributed by atoms with E-state index in [1.165, 1.54) is 0 Å². The highest BCUT2D eigenvalue weighted by molar-refractivity contribution is 5.28. The lowest BCUT2D eigenvalue weighted by molar-refractivity contribution is 0.106. The first-order chi connectivity index (χ1) is 10.0. The van der Waals surface area contributed by atoms with Gasteiger partial charge in [-0.2, -0.15) is 5.10 Å². The van der Waals surface area contributed by atoms with Crippen molar-refractivity contribution in [2.45, 2.75) is 38.5 Å². The summed E-state index contributed by atoms with van der Waals surface area (Å²) >= 11 is 0. The van der Waals surface area contributed by atoms with Crippen LogP contribution in [0.15, 0.2) is 6.20 Å². The van der Waals surface area contributed by atoms with Crippen molar-refractivity contribution >= 4 is 0 Å². The summed E-state index contributed by atoms with van der Waals surface area (Å²) in [5, 5.41) is 7.85. The molecular formula is C15H30N4O2. The van der Waals surface area contributed by atoms with Crippen LogP contribution in [0.3, 0.4) is 0 Å². The molecule has 0 amide bonds. The third-order valence-corrected chi connectivity index (χ3v) is 3.77. The van der Waals surface area contributed by atoms with Crippen LogP contribution in [0.1, 0.15) is 31.5 Å². The molecule has 0 spiro atoms. The van der Waals surface area contributed by atoms with Crippen molar-refractivity contribution in [1.29, 1.82) is 0 Å². The lowest BCUT2D eigenvalue weighted by Crippen LogP contribution is -2.25. The van der Waals surface area contributed by atoms with Crippen molar-refractivity contribution in [3.63, 3.8) is 0 Å². The van der Waals surface area contributed by atoms with Gasteiger partial charge >= 0.3 is 0 Å². The van der Waals surface area contributed by atoms with Crippen LogP contribution >= 0.6 is 0 Å². The summed E-state index contributed by atoms with van der Waals surface area (Å²) in [7, 11) is 9.56. The minimum atomic E-state index is 0.210. The molecule has 0 aliphatic rings. The summed E-state index contributed by atoms with van der Waals surface area (Å²) in [5.74, 6) is 0.846. The van der Waals surface area contributed by atoms with Crippen LogP contribution in [0.25, 0.3) is 0 Å². The topological polar surface area (TPSA) is 51.5 Å². The summed E-state index contributed by atoms with van der Waals surface area (Å²) < 4.78 is 12.9. The van der Waals surface area contributed by atoms with E-state index in [1.807, 2.05) is 11.7 Å². The molecule has 0 radical (unpaired) electrons. The zero-order valence-electron chi connectivity index (χ0n) is 14.2. The Morgan fingerprint density at radius 3 is 2.57 bits per heavy atom. The Balaban J connectivity index is 2.86. The Labute approximate surface area is 128 Å². The first kappa shape index (κ1) is 17.9. The molecule has 0 fully saturated rings. The summed E-state index contributed by atoms with van der Waals surface area (Å²) in [6.45, 7) is 3.89. The second kappa shape index (κ2) is 9.02. The van der Waals surface area contributed by atoms with Gasteiger partial charge in [-0.1, -0.05) is 0 Å². The van der Waals surface area contributed by atoms with Crippen LogP contribution in [0.4, 0.5) is 0 Å². The largest absolute Gasteiger partial charge is 0.493 e. The van der Waals surface area contributed by atoms with Gasteiger partial charge in [-0.3, -0.25) is 4.68 Å². The number of hydrogen-bond donors (Lipinski definition) is 1. The highest BCUT2D eigenvalue weighted by atomic mass is 16.5. The van der Waals surface area contributed by atoms with Gasteiger partial charge in [0.1, 0.15) is 0 Å². The molecule has 0 saturated heterocycles. The molecule has 1 N–H and O–H groups in total. The van der Waals surface area contributed by atoms with E-state index in [0.29, 0.717) is 0 Å². The average Bonchev–Trinajstić information content (AvgIpc) is 2.88. The third-order valence-electron chi connectivity index (χ3n) is 3.77. The average molecular weight is 298 g/mol. The Morgan fingerprint density at radius 1 is 1.33 bits per heavy atom. The van der Waals surface area contributed by atoms with E-state index in [1.54, 1.807) is 20.4 Å². The Kier molecular flexibility index (Phi) is 7.71. The molecule has 1 aromatic rings. The normalized spacial score (nSPS) is 14.4. The zero-order chi connectivity index (χ0) is 15.8. The highest BCUT2D eigenvalue weighted by Crippen LogP contribution is 2.28. The fourth-order valence-electron chi connectivity index (χ4n) is 2.30. The number of hydrogen-bond acceptors (Lipinski definition) is 5. The Morgan fingerprint density at radius 2 is 2.05 bits per heavy atom. The molecule has 122 valence electrons. The molecule has 0 aliphatic heterocycles. The van der Waals surface area contributed by atoms with Crippen molar-refractivity contribution in [3.05, 3.63) is 11.9 Å². The second-order valence-electron chi connectivity index (χ2n) is 5.59. The van der Waals surface area contributed by atoms with Gasteiger partial charge in [0.25, 0.3) is 0 Å². The van der Waals surface area contributed by atoms with Gasteiger partial charge in [-0.15, -0.1) is 0 Å². The smallest absolute Gasteiger partial charge is 0.161 e. The fraction of sp³-hybridized carbons (Fsp3) is 0.800. The molecule has 1 aromatic heterocycles. The van der Waals surface area contributed by atoms with Crippen LogP contribution in [0.5, 0.6) is 5.75 Å². The summed E-state index contributed by atoms with van der Waals surface area (Å²) in [5.41, 5.74) is 1.12. The first-order valence-electron chi connectivity index (χ1n) is 7.47. The number of likely N-dealkylation sites (N-methyl/N-ethyl adjacent to an activating group) is 1. The standard InChI is InChI=1S/C15H30N4O2/c1-12(20-5)7-8-13(16-2)15-14(21-6)11-17-19(15)10-9-18(3)4/h11-13,16H,7-10H2,1-6H3. The Hall–Kier alpha value is -1.11. The van der Waals surface area contributed by atoms with Gasteiger partial charge in [0.15, 0.2) is 5.75 Å². The summed E-state index contributed by atoms with van der Waals surface area (Å²) in [4.78, 5) is 2.15. The van der Waals surface area contributed by atoms with Gasteiger partial charge in [0.05, 0.1) is 37.7 Å². The molecule has 0 aromatic carbocycles. The van der Waals surface area contributed by atoms with Gasteiger partial charge in [-0.25, -0.2) is 0 Å². The molecule has 0 saturated carbocycles. The quantitative estimate of drug-likeness (QED) is 0.710. The number of aromatic nitrogens is 2. The molecule has 0 aliphatic carbocycles. The minimum absolute atomic E-state index is 0.210. The molecule has 21 heavy (non-hydrogen) atoms. The van der Waals surface area contributed by atoms with Crippen LogP contribution < -0.4 is 10.1 Å². The first-order valence-corrected chi connectivity index (χ1v) is 7.47. The number of nitrogens with one attached hydrogen (secondary N) is 1. The molecule has 2 unspecified atom stereocenters. The predicted molar refractivity (Wildman–Crippen MR) is 84.8 cm³/mol. The van der Waals surface area contributed by atoms with E-state index in [2.05, 4.69) is 36.3 Å². The predicted octanol–water partition coefficient (Wildman–Crippen LogP) is 1.53. The van der Waals surface area contributed by atoms with Crippen molar-refractivity contribution in [1.82, 2.24) is 20.0 Å². The number of methoxy groups -OCH3 is 2. The fourth-order valence-corrected chi connectivity index (χ4v) is 2.30. The van der Waals surface area contributed by atoms with Crippen molar-refractivity contribution in [2.75, 3.05) is 41.9 Å². The van der Waals surface area contributed by atoms with Crippen LogP contribution in [-0.2, 0) is 11.3 Å². The van der Waals surface area contributed by atoms with E-state index < -0.39 is 0 Å². The van der Waals surface area contributed by atoms with Crippen LogP contribution in [0, 0.1) is 0 Å². The number of ether oxygens (including phenoxy) is 2. The maximum atomic E-state index is 5.48. The van der Waals surface area contributed by atoms with Crippen LogP contribution in [-0.4, -0.2) is 62.7 Å². The maximum Gasteiger partial charge on any atom is 0.161 e. The van der Waals surface area contributed by atoms with Crippen molar-refractivity contribution in [2.24, 2.45) is 0 Å². The van der Waals surface area contributed by atoms with Gasteiger partial charge in [0.2, 0.25) is 0 Å². The molecule has 1 rings (SSSR count). The zero-order valence-corrected chi connectivity index (χ0v) is 14.2. The molecule has 0 bridgehead atoms. The monoisotopic (exact) mass is 298 g/mol. The summed E-state index contributed by atoms with van der Waals surface area (Å²) in [6, 6.07) is 0.210. The van der Waals surface area contributed by atoms with E-state index in [0.717, 1.165) is 37.4 Å². The molecule has 1 heterocycles. The third kappa shape index (κ3) is 5.30. The van der Waals surface area contributed by atoms with E-state index in [9.17, 15) is 0 Å². The molecule has 6 heteroatoms. The van der Waals surface area contributed by atoms with Crippen molar-refractivity contribution < 1.29 is 9.47 Å². The van der Waals surface area contributed by atoms with Gasteiger partial charge < -0.3 is 19.7 Å². The maximum absolute atomic E-state index is 5.48. The molecule has 2 atom stereocenters. The molecular weight excluding hydrogens is 268 g/mol. The van der Waals surface area contributed by atoms with Gasteiger partial charge in [-0.05, 0) is 40.9 Å². The second-order valence-corrected chi connectivity index (χ2v) is 5.59. The lowest BCUT2D eigenvalue weighted by Gasteiger charge is -2.21. The lowest BCUT2D eigenvalue weighted by atomic mass is 10.0. The Bertz CT molecular complexity index is 406. The van der Waals surface area contributed by atoms with Gasteiger partial charge in [0, 0.05) is 13.7 Å². The molecule has 6 nitrogen and oxygen atoms in total. The van der Waals surface area contributed by atoms with E-state index >= 15 is 0 Å². The van der Waals surface area contributed by atoms with E-state index in [-0.39, 0.29) is 12.1 Å².